The molecule has 0 aliphatic carbocycles. The minimum Gasteiger partial charge on any atom is -0.469 e. The molecule has 0 aromatic heterocycles. The Morgan fingerprint density at radius 2 is 1.65 bits per heavy atom. The molecule has 0 spiro atoms. The first kappa shape index (κ1) is 11.4. The van der Waals surface area contributed by atoms with Crippen LogP contribution in [0.15, 0.2) is 54.6 Å². The van der Waals surface area contributed by atoms with Gasteiger partial charge in [-0.1, -0.05) is 54.6 Å². The van der Waals surface area contributed by atoms with E-state index in [0.29, 0.717) is 6.42 Å². The van der Waals surface area contributed by atoms with Crippen LogP contribution < -0.4 is 0 Å². The van der Waals surface area contributed by atoms with Crippen molar-refractivity contribution in [3.05, 3.63) is 60.2 Å². The number of hydrogen-bond acceptors (Lipinski definition) is 2. The first-order valence-electron chi connectivity index (χ1n) is 5.51. The fourth-order valence-electron chi connectivity index (χ4n) is 1.80. The molecule has 0 N–H and O–H groups in total. The van der Waals surface area contributed by atoms with Crippen molar-refractivity contribution in [2.75, 3.05) is 7.11 Å². The number of rotatable bonds is 3. The van der Waals surface area contributed by atoms with Crippen LogP contribution in [0.1, 0.15) is 5.56 Å². The third-order valence-corrected chi connectivity index (χ3v) is 2.66. The molecular weight excluding hydrogens is 212 g/mol. The summed E-state index contributed by atoms with van der Waals surface area (Å²) in [5.41, 5.74) is 3.19. The van der Waals surface area contributed by atoms with Gasteiger partial charge in [-0.3, -0.25) is 4.79 Å². The van der Waals surface area contributed by atoms with Gasteiger partial charge in [0.05, 0.1) is 13.5 Å². The number of ether oxygens (including phenoxy) is 1. The fourth-order valence-corrected chi connectivity index (χ4v) is 1.80. The Labute approximate surface area is 101 Å². The Kier molecular flexibility index (Phi) is 3.55. The molecule has 0 aliphatic heterocycles. The highest BCUT2D eigenvalue weighted by atomic mass is 16.5. The van der Waals surface area contributed by atoms with Gasteiger partial charge >= 0.3 is 5.97 Å². The van der Waals surface area contributed by atoms with Gasteiger partial charge in [0.25, 0.3) is 0 Å². The van der Waals surface area contributed by atoms with Crippen LogP contribution in [0.25, 0.3) is 11.1 Å². The predicted molar refractivity (Wildman–Crippen MR) is 67.6 cm³/mol. The Morgan fingerprint density at radius 3 is 2.35 bits per heavy atom. The highest BCUT2D eigenvalue weighted by molar-refractivity contribution is 5.77. The molecule has 86 valence electrons. The van der Waals surface area contributed by atoms with E-state index in [-0.39, 0.29) is 5.97 Å². The van der Waals surface area contributed by atoms with Crippen molar-refractivity contribution in [2.45, 2.75) is 6.42 Å². The van der Waals surface area contributed by atoms with Crippen LogP contribution in [0.5, 0.6) is 0 Å². The molecule has 2 aromatic rings. The largest absolute Gasteiger partial charge is 0.469 e. The molecule has 17 heavy (non-hydrogen) atoms. The van der Waals surface area contributed by atoms with Gasteiger partial charge in [0.1, 0.15) is 0 Å². The summed E-state index contributed by atoms with van der Waals surface area (Å²) in [7, 11) is 1.41. The van der Waals surface area contributed by atoms with E-state index in [9.17, 15) is 4.79 Å². The van der Waals surface area contributed by atoms with Crippen LogP contribution in [0.2, 0.25) is 0 Å². The van der Waals surface area contributed by atoms with Crippen molar-refractivity contribution in [2.24, 2.45) is 0 Å². The van der Waals surface area contributed by atoms with Crippen LogP contribution in [-0.4, -0.2) is 13.1 Å². The van der Waals surface area contributed by atoms with Crippen LogP contribution >= 0.6 is 0 Å². The summed E-state index contributed by atoms with van der Waals surface area (Å²) >= 11 is 0. The third-order valence-electron chi connectivity index (χ3n) is 2.66. The molecule has 0 atom stereocenters. The van der Waals surface area contributed by atoms with E-state index < -0.39 is 0 Å². The molecule has 2 heteroatoms. The molecule has 0 unspecified atom stereocenters. The Balaban J connectivity index is 2.38. The van der Waals surface area contributed by atoms with Crippen molar-refractivity contribution in [1.82, 2.24) is 0 Å². The number of esters is 1. The van der Waals surface area contributed by atoms with E-state index in [4.69, 9.17) is 4.74 Å². The molecule has 2 nitrogen and oxygen atoms in total. The summed E-state index contributed by atoms with van der Waals surface area (Å²) < 4.78 is 4.71. The summed E-state index contributed by atoms with van der Waals surface area (Å²) in [4.78, 5) is 11.3. The van der Waals surface area contributed by atoms with Gasteiger partial charge < -0.3 is 4.74 Å². The molecule has 0 saturated carbocycles. The van der Waals surface area contributed by atoms with E-state index in [1.165, 1.54) is 7.11 Å². The second kappa shape index (κ2) is 5.30. The summed E-state index contributed by atoms with van der Waals surface area (Å²) in [6.45, 7) is 0. The lowest BCUT2D eigenvalue weighted by atomic mass is 9.98. The molecule has 2 rings (SSSR count). The lowest BCUT2D eigenvalue weighted by Gasteiger charge is -2.08. The topological polar surface area (TPSA) is 26.3 Å². The molecule has 0 amide bonds. The molecular formula is C15H14O2. The van der Waals surface area contributed by atoms with E-state index in [1.807, 2.05) is 54.6 Å². The van der Waals surface area contributed by atoms with Gasteiger partial charge in [0.2, 0.25) is 0 Å². The zero-order chi connectivity index (χ0) is 12.1. The van der Waals surface area contributed by atoms with Crippen molar-refractivity contribution in [3.8, 4) is 11.1 Å². The number of carbonyl (C=O) groups excluding carboxylic acids is 1. The quantitative estimate of drug-likeness (QED) is 0.752. The average Bonchev–Trinajstić information content (AvgIpc) is 2.40. The van der Waals surface area contributed by atoms with E-state index >= 15 is 0 Å². The number of benzene rings is 2. The lowest BCUT2D eigenvalue weighted by Crippen LogP contribution is -2.05. The van der Waals surface area contributed by atoms with Crippen LogP contribution in [-0.2, 0) is 16.0 Å². The molecule has 0 heterocycles. The highest BCUT2D eigenvalue weighted by Crippen LogP contribution is 2.23. The first-order valence-corrected chi connectivity index (χ1v) is 5.51. The Morgan fingerprint density at radius 1 is 1.00 bits per heavy atom. The van der Waals surface area contributed by atoms with Gasteiger partial charge in [-0.05, 0) is 16.7 Å². The van der Waals surface area contributed by atoms with E-state index in [2.05, 4.69) is 0 Å². The zero-order valence-electron chi connectivity index (χ0n) is 9.72. The zero-order valence-corrected chi connectivity index (χ0v) is 9.72. The van der Waals surface area contributed by atoms with Gasteiger partial charge in [-0.15, -0.1) is 0 Å². The maximum atomic E-state index is 11.3. The number of carbonyl (C=O) groups is 1. The molecule has 0 fully saturated rings. The van der Waals surface area contributed by atoms with Gasteiger partial charge in [0.15, 0.2) is 0 Å². The van der Waals surface area contributed by atoms with Crippen molar-refractivity contribution in [1.29, 1.82) is 0 Å². The first-order chi connectivity index (χ1) is 8.31. The summed E-state index contributed by atoms with van der Waals surface area (Å²) in [6.07, 6.45) is 0.307. The molecule has 0 bridgehead atoms. The third kappa shape index (κ3) is 2.72. The van der Waals surface area contributed by atoms with Crippen LogP contribution in [0, 0.1) is 0 Å². The smallest absolute Gasteiger partial charge is 0.309 e. The van der Waals surface area contributed by atoms with E-state index in [0.717, 1.165) is 16.7 Å². The second-order valence-corrected chi connectivity index (χ2v) is 3.78. The highest BCUT2D eigenvalue weighted by Gasteiger charge is 2.08. The van der Waals surface area contributed by atoms with Crippen molar-refractivity contribution in [3.63, 3.8) is 0 Å². The SMILES string of the molecule is COC(=O)Cc1ccccc1-c1ccccc1. The normalized spacial score (nSPS) is 9.94. The van der Waals surface area contributed by atoms with Gasteiger partial charge in [-0.25, -0.2) is 0 Å². The molecule has 0 radical (unpaired) electrons. The Bertz CT molecular complexity index is 503. The van der Waals surface area contributed by atoms with Gasteiger partial charge in [0, 0.05) is 0 Å². The van der Waals surface area contributed by atoms with Crippen molar-refractivity contribution >= 4 is 5.97 Å². The molecule has 0 saturated heterocycles. The van der Waals surface area contributed by atoms with E-state index in [1.54, 1.807) is 0 Å². The average molecular weight is 226 g/mol. The van der Waals surface area contributed by atoms with Crippen molar-refractivity contribution < 1.29 is 9.53 Å². The summed E-state index contributed by atoms with van der Waals surface area (Å²) in [5, 5.41) is 0. The van der Waals surface area contributed by atoms with Crippen LogP contribution in [0.4, 0.5) is 0 Å². The summed E-state index contributed by atoms with van der Waals surface area (Å²) in [5.74, 6) is -0.214. The lowest BCUT2D eigenvalue weighted by molar-refractivity contribution is -0.139. The maximum absolute atomic E-state index is 11.3. The Hall–Kier alpha value is -2.09. The maximum Gasteiger partial charge on any atom is 0.309 e. The standard InChI is InChI=1S/C15H14O2/c1-17-15(16)11-13-9-5-6-10-14(13)12-7-3-2-4-8-12/h2-10H,11H2,1H3. The molecule has 0 aliphatic rings. The molecule has 2 aromatic carbocycles. The predicted octanol–water partition coefficient (Wildman–Crippen LogP) is 3.07. The summed E-state index contributed by atoms with van der Waals surface area (Å²) in [6, 6.07) is 17.9. The minimum absolute atomic E-state index is 0.214. The fraction of sp³-hybridized carbons (Fsp3) is 0.133. The van der Waals surface area contributed by atoms with Crippen LogP contribution in [0.3, 0.4) is 0 Å². The van der Waals surface area contributed by atoms with Gasteiger partial charge in [-0.2, -0.15) is 0 Å². The second-order valence-electron chi connectivity index (χ2n) is 3.78. The number of methoxy groups -OCH3 is 1. The monoisotopic (exact) mass is 226 g/mol. The minimum atomic E-state index is -0.214. The number of hydrogen-bond donors (Lipinski definition) is 0.